The molecule has 1 atom stereocenters. The lowest BCUT2D eigenvalue weighted by atomic mass is 10.0. The number of hydrogen-bond acceptors (Lipinski definition) is 3. The summed E-state index contributed by atoms with van der Waals surface area (Å²) in [6, 6.07) is 0. The standard InChI is InChI=1S/C12H26N2O/c1-3-14(4-2)8-7-13-10-12-6-5-9-15-11-12/h12-13H,3-11H2,1-2H3. The van der Waals surface area contributed by atoms with E-state index in [4.69, 9.17) is 4.74 Å². The van der Waals surface area contributed by atoms with Crippen LogP contribution in [0.3, 0.4) is 0 Å². The maximum atomic E-state index is 5.45. The van der Waals surface area contributed by atoms with E-state index in [0.29, 0.717) is 0 Å². The third-order valence-electron chi connectivity index (χ3n) is 3.19. The Morgan fingerprint density at radius 2 is 2.13 bits per heavy atom. The normalized spacial score (nSPS) is 22.2. The molecule has 0 aromatic carbocycles. The number of rotatable bonds is 7. The molecule has 1 aliphatic rings. The Hall–Kier alpha value is -0.120. The average molecular weight is 214 g/mol. The van der Waals surface area contributed by atoms with E-state index in [-0.39, 0.29) is 0 Å². The van der Waals surface area contributed by atoms with Crippen molar-refractivity contribution in [1.29, 1.82) is 0 Å². The van der Waals surface area contributed by atoms with Crippen LogP contribution < -0.4 is 5.32 Å². The molecule has 0 saturated carbocycles. The minimum atomic E-state index is 0.746. The van der Waals surface area contributed by atoms with Gasteiger partial charge in [0.1, 0.15) is 0 Å². The first kappa shape index (κ1) is 12.9. The van der Waals surface area contributed by atoms with Gasteiger partial charge >= 0.3 is 0 Å². The van der Waals surface area contributed by atoms with Gasteiger partial charge < -0.3 is 15.0 Å². The summed E-state index contributed by atoms with van der Waals surface area (Å²) in [6.07, 6.45) is 2.57. The van der Waals surface area contributed by atoms with Crippen LogP contribution in [0.1, 0.15) is 26.7 Å². The predicted octanol–water partition coefficient (Wildman–Crippen LogP) is 1.34. The molecule has 3 heteroatoms. The van der Waals surface area contributed by atoms with E-state index in [2.05, 4.69) is 24.1 Å². The molecule has 15 heavy (non-hydrogen) atoms. The van der Waals surface area contributed by atoms with Crippen molar-refractivity contribution < 1.29 is 4.74 Å². The van der Waals surface area contributed by atoms with Crippen LogP contribution in [0.5, 0.6) is 0 Å². The zero-order valence-electron chi connectivity index (χ0n) is 10.3. The highest BCUT2D eigenvalue weighted by atomic mass is 16.5. The van der Waals surface area contributed by atoms with Crippen molar-refractivity contribution in [2.45, 2.75) is 26.7 Å². The molecule has 1 fully saturated rings. The molecule has 1 saturated heterocycles. The SMILES string of the molecule is CCN(CC)CCNCC1CCCOC1. The largest absolute Gasteiger partial charge is 0.381 e. The van der Waals surface area contributed by atoms with Gasteiger partial charge in [-0.15, -0.1) is 0 Å². The Kier molecular flexibility index (Phi) is 6.98. The molecule has 0 spiro atoms. The van der Waals surface area contributed by atoms with Crippen LogP contribution in [0.15, 0.2) is 0 Å². The van der Waals surface area contributed by atoms with E-state index in [9.17, 15) is 0 Å². The lowest BCUT2D eigenvalue weighted by Gasteiger charge is -2.23. The third-order valence-corrected chi connectivity index (χ3v) is 3.19. The first-order chi connectivity index (χ1) is 7.36. The van der Waals surface area contributed by atoms with Crippen LogP contribution in [-0.4, -0.2) is 50.8 Å². The summed E-state index contributed by atoms with van der Waals surface area (Å²) in [4.78, 5) is 2.45. The summed E-state index contributed by atoms with van der Waals surface area (Å²) in [7, 11) is 0. The van der Waals surface area contributed by atoms with Gasteiger partial charge in [-0.25, -0.2) is 0 Å². The summed E-state index contributed by atoms with van der Waals surface area (Å²) in [5, 5.41) is 3.53. The van der Waals surface area contributed by atoms with Crippen molar-refractivity contribution in [2.75, 3.05) is 45.9 Å². The van der Waals surface area contributed by atoms with Crippen LogP contribution in [0, 0.1) is 5.92 Å². The van der Waals surface area contributed by atoms with E-state index in [1.807, 2.05) is 0 Å². The molecule has 1 aliphatic heterocycles. The molecule has 0 radical (unpaired) electrons. The summed E-state index contributed by atoms with van der Waals surface area (Å²) >= 11 is 0. The molecule has 1 unspecified atom stereocenters. The Balaban J connectivity index is 1.95. The number of nitrogens with one attached hydrogen (secondary N) is 1. The van der Waals surface area contributed by atoms with E-state index < -0.39 is 0 Å². The second kappa shape index (κ2) is 8.08. The number of likely N-dealkylation sites (N-methyl/N-ethyl adjacent to an activating group) is 1. The Morgan fingerprint density at radius 3 is 2.73 bits per heavy atom. The lowest BCUT2D eigenvalue weighted by Crippen LogP contribution is -2.35. The highest BCUT2D eigenvalue weighted by Crippen LogP contribution is 2.11. The lowest BCUT2D eigenvalue weighted by molar-refractivity contribution is 0.0547. The molecular weight excluding hydrogens is 188 g/mol. The van der Waals surface area contributed by atoms with Gasteiger partial charge in [-0.2, -0.15) is 0 Å². The fourth-order valence-electron chi connectivity index (χ4n) is 2.05. The Labute approximate surface area is 94.2 Å². The zero-order chi connectivity index (χ0) is 10.9. The maximum Gasteiger partial charge on any atom is 0.0506 e. The molecule has 0 bridgehead atoms. The van der Waals surface area contributed by atoms with Gasteiger partial charge in [-0.3, -0.25) is 0 Å². The molecule has 0 aromatic rings. The minimum Gasteiger partial charge on any atom is -0.381 e. The summed E-state index contributed by atoms with van der Waals surface area (Å²) < 4.78 is 5.45. The highest BCUT2D eigenvalue weighted by Gasteiger charge is 2.12. The molecule has 1 heterocycles. The van der Waals surface area contributed by atoms with Crippen molar-refractivity contribution in [1.82, 2.24) is 10.2 Å². The van der Waals surface area contributed by atoms with Crippen LogP contribution >= 0.6 is 0 Å². The molecule has 3 nitrogen and oxygen atoms in total. The van der Waals surface area contributed by atoms with Gasteiger partial charge in [-0.05, 0) is 31.8 Å². The molecule has 0 amide bonds. The Morgan fingerprint density at radius 1 is 1.33 bits per heavy atom. The smallest absolute Gasteiger partial charge is 0.0506 e. The minimum absolute atomic E-state index is 0.746. The van der Waals surface area contributed by atoms with Crippen molar-refractivity contribution >= 4 is 0 Å². The first-order valence-corrected chi connectivity index (χ1v) is 6.37. The predicted molar refractivity (Wildman–Crippen MR) is 64.2 cm³/mol. The molecule has 1 N–H and O–H groups in total. The fourth-order valence-corrected chi connectivity index (χ4v) is 2.05. The Bertz CT molecular complexity index is 143. The second-order valence-electron chi connectivity index (χ2n) is 4.31. The van der Waals surface area contributed by atoms with Crippen molar-refractivity contribution in [3.63, 3.8) is 0 Å². The molecule has 1 rings (SSSR count). The number of hydrogen-bond donors (Lipinski definition) is 1. The second-order valence-corrected chi connectivity index (χ2v) is 4.31. The van der Waals surface area contributed by atoms with Crippen LogP contribution in [0.4, 0.5) is 0 Å². The average Bonchev–Trinajstić information content (AvgIpc) is 2.31. The third kappa shape index (κ3) is 5.50. The van der Waals surface area contributed by atoms with Crippen molar-refractivity contribution in [2.24, 2.45) is 5.92 Å². The van der Waals surface area contributed by atoms with Gasteiger partial charge in [0.25, 0.3) is 0 Å². The van der Waals surface area contributed by atoms with Crippen LogP contribution in [-0.2, 0) is 4.74 Å². The topological polar surface area (TPSA) is 24.5 Å². The summed E-state index contributed by atoms with van der Waals surface area (Å²) in [5.41, 5.74) is 0. The fraction of sp³-hybridized carbons (Fsp3) is 1.00. The van der Waals surface area contributed by atoms with Crippen molar-refractivity contribution in [3.05, 3.63) is 0 Å². The number of nitrogens with zero attached hydrogens (tertiary/aromatic N) is 1. The summed E-state index contributed by atoms with van der Waals surface area (Å²) in [5.74, 6) is 0.746. The zero-order valence-corrected chi connectivity index (χ0v) is 10.3. The highest BCUT2D eigenvalue weighted by molar-refractivity contribution is 4.66. The van der Waals surface area contributed by atoms with Gasteiger partial charge in [0.2, 0.25) is 0 Å². The van der Waals surface area contributed by atoms with Gasteiger partial charge in [0.05, 0.1) is 6.61 Å². The summed E-state index contributed by atoms with van der Waals surface area (Å²) in [6.45, 7) is 12.1. The van der Waals surface area contributed by atoms with Gasteiger partial charge in [0.15, 0.2) is 0 Å². The van der Waals surface area contributed by atoms with E-state index in [1.54, 1.807) is 0 Å². The monoisotopic (exact) mass is 214 g/mol. The molecular formula is C12H26N2O. The molecule has 0 aliphatic carbocycles. The number of ether oxygens (including phenoxy) is 1. The van der Waals surface area contributed by atoms with Crippen LogP contribution in [0.2, 0.25) is 0 Å². The maximum absolute atomic E-state index is 5.45. The molecule has 0 aromatic heterocycles. The van der Waals surface area contributed by atoms with Gasteiger partial charge in [0, 0.05) is 26.2 Å². The molecule has 90 valence electrons. The first-order valence-electron chi connectivity index (χ1n) is 6.37. The van der Waals surface area contributed by atoms with Gasteiger partial charge in [-0.1, -0.05) is 13.8 Å². The van der Waals surface area contributed by atoms with E-state index in [0.717, 1.165) is 45.3 Å². The van der Waals surface area contributed by atoms with Crippen LogP contribution in [0.25, 0.3) is 0 Å². The quantitative estimate of drug-likeness (QED) is 0.647. The van der Waals surface area contributed by atoms with Crippen molar-refractivity contribution in [3.8, 4) is 0 Å². The van der Waals surface area contributed by atoms with E-state index in [1.165, 1.54) is 19.4 Å². The van der Waals surface area contributed by atoms with E-state index >= 15 is 0 Å².